The van der Waals surface area contributed by atoms with Gasteiger partial charge in [-0.05, 0) is 30.7 Å². The topological polar surface area (TPSA) is 24.9 Å². The van der Waals surface area contributed by atoms with Gasteiger partial charge in [-0.1, -0.05) is 40.9 Å². The highest BCUT2D eigenvalue weighted by molar-refractivity contribution is 6.43. The minimum absolute atomic E-state index is 0.137. The standard InChI is InChI=1S/C12H8Cl3FN2/c1-6-2-3-7(16)4-10(6)17-12-9(14)5-8(13)11(15)18-12/h2-5H,1H3,(H,17,18). The minimum atomic E-state index is -0.348. The number of pyridine rings is 1. The van der Waals surface area contributed by atoms with Crippen molar-refractivity contribution < 1.29 is 4.39 Å². The lowest BCUT2D eigenvalue weighted by Crippen LogP contribution is -1.98. The molecule has 0 aliphatic rings. The van der Waals surface area contributed by atoms with Gasteiger partial charge in [0.1, 0.15) is 11.0 Å². The zero-order valence-electron chi connectivity index (χ0n) is 9.27. The molecule has 0 fully saturated rings. The maximum atomic E-state index is 13.2. The van der Waals surface area contributed by atoms with Crippen molar-refractivity contribution in [1.29, 1.82) is 0 Å². The van der Waals surface area contributed by atoms with Crippen LogP contribution >= 0.6 is 34.8 Å². The van der Waals surface area contributed by atoms with Crippen molar-refractivity contribution in [1.82, 2.24) is 4.98 Å². The molecule has 1 N–H and O–H groups in total. The molecule has 18 heavy (non-hydrogen) atoms. The molecule has 1 heterocycles. The Morgan fingerprint density at radius 2 is 1.83 bits per heavy atom. The first kappa shape index (κ1) is 13.4. The van der Waals surface area contributed by atoms with Crippen LogP contribution in [0.1, 0.15) is 5.56 Å². The van der Waals surface area contributed by atoms with Crippen LogP contribution in [0.5, 0.6) is 0 Å². The van der Waals surface area contributed by atoms with E-state index in [1.54, 1.807) is 6.07 Å². The van der Waals surface area contributed by atoms with Gasteiger partial charge in [-0.25, -0.2) is 9.37 Å². The van der Waals surface area contributed by atoms with Crippen molar-refractivity contribution in [2.75, 3.05) is 5.32 Å². The first-order valence-electron chi connectivity index (χ1n) is 5.02. The summed E-state index contributed by atoms with van der Waals surface area (Å²) in [4.78, 5) is 4.01. The molecule has 94 valence electrons. The Bertz CT molecular complexity index is 602. The highest BCUT2D eigenvalue weighted by Crippen LogP contribution is 2.31. The number of aryl methyl sites for hydroxylation is 1. The third-order valence-corrected chi connectivity index (χ3v) is 3.30. The zero-order valence-corrected chi connectivity index (χ0v) is 11.5. The van der Waals surface area contributed by atoms with Crippen molar-refractivity contribution in [2.24, 2.45) is 0 Å². The molecule has 0 amide bonds. The molecule has 2 rings (SSSR count). The molecule has 0 spiro atoms. The monoisotopic (exact) mass is 304 g/mol. The van der Waals surface area contributed by atoms with Crippen LogP contribution in [0.2, 0.25) is 15.2 Å². The largest absolute Gasteiger partial charge is 0.339 e. The number of nitrogens with one attached hydrogen (secondary N) is 1. The van der Waals surface area contributed by atoms with Crippen molar-refractivity contribution in [3.05, 3.63) is 50.8 Å². The van der Waals surface area contributed by atoms with Gasteiger partial charge in [0.25, 0.3) is 0 Å². The van der Waals surface area contributed by atoms with E-state index in [0.29, 0.717) is 16.5 Å². The average Bonchev–Trinajstić information content (AvgIpc) is 2.30. The molecule has 1 aromatic carbocycles. The Morgan fingerprint density at radius 3 is 2.56 bits per heavy atom. The first-order chi connectivity index (χ1) is 8.47. The van der Waals surface area contributed by atoms with Gasteiger partial charge in [-0.3, -0.25) is 0 Å². The predicted molar refractivity (Wildman–Crippen MR) is 73.7 cm³/mol. The lowest BCUT2D eigenvalue weighted by molar-refractivity contribution is 0.628. The molecule has 2 nitrogen and oxygen atoms in total. The number of aromatic nitrogens is 1. The van der Waals surface area contributed by atoms with Gasteiger partial charge in [0.15, 0.2) is 5.82 Å². The Hall–Kier alpha value is -1.03. The van der Waals surface area contributed by atoms with Crippen LogP contribution in [0, 0.1) is 12.7 Å². The van der Waals surface area contributed by atoms with E-state index in [-0.39, 0.29) is 16.0 Å². The lowest BCUT2D eigenvalue weighted by Gasteiger charge is -2.11. The van der Waals surface area contributed by atoms with Gasteiger partial charge < -0.3 is 5.32 Å². The van der Waals surface area contributed by atoms with Gasteiger partial charge in [0, 0.05) is 5.69 Å². The molecule has 0 bridgehead atoms. The molecule has 0 radical (unpaired) electrons. The normalized spacial score (nSPS) is 10.5. The second-order valence-corrected chi connectivity index (χ2v) is 4.85. The number of nitrogens with zero attached hydrogens (tertiary/aromatic N) is 1. The van der Waals surface area contributed by atoms with Crippen molar-refractivity contribution in [2.45, 2.75) is 6.92 Å². The Morgan fingerprint density at radius 1 is 1.11 bits per heavy atom. The smallest absolute Gasteiger partial charge is 0.151 e. The van der Waals surface area contributed by atoms with E-state index in [2.05, 4.69) is 10.3 Å². The Balaban J connectivity index is 2.40. The van der Waals surface area contributed by atoms with Crippen molar-refractivity contribution >= 4 is 46.3 Å². The van der Waals surface area contributed by atoms with Crippen LogP contribution in [0.15, 0.2) is 24.3 Å². The number of hydrogen-bond acceptors (Lipinski definition) is 2. The highest BCUT2D eigenvalue weighted by atomic mass is 35.5. The van der Waals surface area contributed by atoms with Gasteiger partial charge in [-0.2, -0.15) is 0 Å². The fourth-order valence-electron chi connectivity index (χ4n) is 1.39. The van der Waals surface area contributed by atoms with Crippen molar-refractivity contribution in [3.63, 3.8) is 0 Å². The molecule has 0 atom stereocenters. The number of anilines is 2. The number of benzene rings is 1. The summed E-state index contributed by atoms with van der Waals surface area (Å²) >= 11 is 17.6. The molecule has 0 aliphatic carbocycles. The molecule has 0 saturated heterocycles. The number of rotatable bonds is 2. The molecule has 6 heteroatoms. The van der Waals surface area contributed by atoms with Crippen LogP contribution in [0.3, 0.4) is 0 Å². The molecule has 1 aromatic heterocycles. The van der Waals surface area contributed by atoms with E-state index in [4.69, 9.17) is 34.8 Å². The zero-order chi connectivity index (χ0) is 13.3. The summed E-state index contributed by atoms with van der Waals surface area (Å²) in [7, 11) is 0. The first-order valence-corrected chi connectivity index (χ1v) is 6.15. The molecule has 0 unspecified atom stereocenters. The van der Waals surface area contributed by atoms with Crippen LogP contribution in [0.25, 0.3) is 0 Å². The molecule has 2 aromatic rings. The minimum Gasteiger partial charge on any atom is -0.339 e. The van der Waals surface area contributed by atoms with Crippen LogP contribution in [-0.4, -0.2) is 4.98 Å². The van der Waals surface area contributed by atoms with Crippen molar-refractivity contribution in [3.8, 4) is 0 Å². The maximum Gasteiger partial charge on any atom is 0.151 e. The highest BCUT2D eigenvalue weighted by Gasteiger charge is 2.09. The summed E-state index contributed by atoms with van der Waals surface area (Å²) < 4.78 is 13.2. The Labute approximate surface area is 119 Å². The SMILES string of the molecule is Cc1ccc(F)cc1Nc1nc(Cl)c(Cl)cc1Cl. The number of halogens is 4. The summed E-state index contributed by atoms with van der Waals surface area (Å²) in [6.45, 7) is 1.84. The van der Waals surface area contributed by atoms with Crippen LogP contribution < -0.4 is 5.32 Å². The van der Waals surface area contributed by atoms with E-state index < -0.39 is 0 Å². The summed E-state index contributed by atoms with van der Waals surface area (Å²) in [5.41, 5.74) is 1.43. The summed E-state index contributed by atoms with van der Waals surface area (Å²) in [5.74, 6) is -0.0148. The third-order valence-electron chi connectivity index (χ3n) is 2.34. The van der Waals surface area contributed by atoms with E-state index in [1.165, 1.54) is 18.2 Å². The van der Waals surface area contributed by atoms with E-state index >= 15 is 0 Å². The number of hydrogen-bond donors (Lipinski definition) is 1. The molecule has 0 aliphatic heterocycles. The van der Waals surface area contributed by atoms with Gasteiger partial charge in [-0.15, -0.1) is 0 Å². The van der Waals surface area contributed by atoms with Gasteiger partial charge >= 0.3 is 0 Å². The lowest BCUT2D eigenvalue weighted by atomic mass is 10.2. The molecule has 0 saturated carbocycles. The van der Waals surface area contributed by atoms with Crippen LogP contribution in [-0.2, 0) is 0 Å². The van der Waals surface area contributed by atoms with E-state index in [0.717, 1.165) is 5.56 Å². The van der Waals surface area contributed by atoms with E-state index in [9.17, 15) is 4.39 Å². The Kier molecular flexibility index (Phi) is 3.95. The summed E-state index contributed by atoms with van der Waals surface area (Å²) in [6.07, 6.45) is 0. The molecular formula is C12H8Cl3FN2. The fourth-order valence-corrected chi connectivity index (χ4v) is 1.93. The van der Waals surface area contributed by atoms with Gasteiger partial charge in [0.2, 0.25) is 0 Å². The maximum absolute atomic E-state index is 13.2. The van der Waals surface area contributed by atoms with Crippen LogP contribution in [0.4, 0.5) is 15.9 Å². The third kappa shape index (κ3) is 2.86. The second kappa shape index (κ2) is 5.31. The second-order valence-electron chi connectivity index (χ2n) is 3.68. The van der Waals surface area contributed by atoms with Gasteiger partial charge in [0.05, 0.1) is 10.0 Å². The predicted octanol–water partition coefficient (Wildman–Crippen LogP) is 5.23. The fraction of sp³-hybridized carbons (Fsp3) is 0.0833. The average molecular weight is 306 g/mol. The quantitative estimate of drug-likeness (QED) is 0.768. The van der Waals surface area contributed by atoms with E-state index in [1.807, 2.05) is 6.92 Å². The summed E-state index contributed by atoms with van der Waals surface area (Å²) in [5, 5.41) is 3.64. The molecular weight excluding hydrogens is 298 g/mol. The summed E-state index contributed by atoms with van der Waals surface area (Å²) in [6, 6.07) is 5.87.